The van der Waals surface area contributed by atoms with Gasteiger partial charge in [-0.1, -0.05) is 6.42 Å². The van der Waals surface area contributed by atoms with Crippen molar-refractivity contribution in [1.82, 2.24) is 4.98 Å². The second-order valence-corrected chi connectivity index (χ2v) is 6.87. The first-order valence-corrected chi connectivity index (χ1v) is 7.55. The molecule has 1 aliphatic rings. The number of nitrogens with zero attached hydrogens (tertiary/aromatic N) is 1. The highest BCUT2D eigenvalue weighted by atomic mass is 32.2. The summed E-state index contributed by atoms with van der Waals surface area (Å²) in [5.74, 6) is 1.03. The van der Waals surface area contributed by atoms with E-state index in [1.807, 2.05) is 0 Å². The van der Waals surface area contributed by atoms with Crippen molar-refractivity contribution in [2.75, 3.05) is 5.75 Å². The van der Waals surface area contributed by atoms with Gasteiger partial charge in [0.05, 0.1) is 18.1 Å². The summed E-state index contributed by atoms with van der Waals surface area (Å²) < 4.78 is 29.1. The van der Waals surface area contributed by atoms with Crippen LogP contribution in [0.15, 0.2) is 10.6 Å². The highest BCUT2D eigenvalue weighted by molar-refractivity contribution is 7.91. The summed E-state index contributed by atoms with van der Waals surface area (Å²) in [5, 5.41) is 8.62. The fraction of sp³-hybridized carbons (Fsp3) is 0.727. The monoisotopic (exact) mass is 259 g/mol. The maximum Gasteiger partial charge on any atom is 0.212 e. The molecule has 2 rings (SSSR count). The standard InChI is InChI=1S/C11H17NO4S/c1-8(13)6-9-7-12-11(16-9)10-4-2-3-5-17(10,14)15/h7-8,10,13H,2-6H2,1H3. The summed E-state index contributed by atoms with van der Waals surface area (Å²) >= 11 is 0. The average molecular weight is 259 g/mol. The van der Waals surface area contributed by atoms with Gasteiger partial charge in [0.1, 0.15) is 11.0 Å². The van der Waals surface area contributed by atoms with Crippen molar-refractivity contribution in [3.8, 4) is 0 Å². The van der Waals surface area contributed by atoms with Gasteiger partial charge in [-0.15, -0.1) is 0 Å². The molecule has 1 aromatic heterocycles. The number of rotatable bonds is 3. The minimum atomic E-state index is -3.11. The van der Waals surface area contributed by atoms with E-state index in [4.69, 9.17) is 4.42 Å². The number of aliphatic hydroxyl groups excluding tert-OH is 1. The molecule has 5 nitrogen and oxygen atoms in total. The SMILES string of the molecule is CC(O)Cc1cnc(C2CCCCS2(=O)=O)o1. The summed E-state index contributed by atoms with van der Waals surface area (Å²) in [5.41, 5.74) is 0. The van der Waals surface area contributed by atoms with Crippen molar-refractivity contribution >= 4 is 9.84 Å². The quantitative estimate of drug-likeness (QED) is 0.883. The molecule has 0 spiro atoms. The zero-order valence-electron chi connectivity index (χ0n) is 9.80. The van der Waals surface area contributed by atoms with Gasteiger partial charge in [0, 0.05) is 6.42 Å². The first-order valence-electron chi connectivity index (χ1n) is 5.83. The molecule has 6 heteroatoms. The van der Waals surface area contributed by atoms with E-state index in [1.54, 1.807) is 6.92 Å². The van der Waals surface area contributed by atoms with Gasteiger partial charge in [0.15, 0.2) is 9.84 Å². The lowest BCUT2D eigenvalue weighted by molar-refractivity contribution is 0.186. The van der Waals surface area contributed by atoms with Gasteiger partial charge < -0.3 is 9.52 Å². The molecule has 2 heterocycles. The lowest BCUT2D eigenvalue weighted by Crippen LogP contribution is -2.21. The van der Waals surface area contributed by atoms with E-state index in [0.29, 0.717) is 18.6 Å². The smallest absolute Gasteiger partial charge is 0.212 e. The lowest BCUT2D eigenvalue weighted by atomic mass is 10.2. The summed E-state index contributed by atoms with van der Waals surface area (Å²) in [6.07, 6.45) is 3.54. The van der Waals surface area contributed by atoms with Gasteiger partial charge >= 0.3 is 0 Å². The molecular weight excluding hydrogens is 242 g/mol. The molecule has 0 aliphatic carbocycles. The van der Waals surface area contributed by atoms with Crippen LogP contribution < -0.4 is 0 Å². The van der Waals surface area contributed by atoms with E-state index in [0.717, 1.165) is 12.8 Å². The molecule has 0 aromatic carbocycles. The molecule has 1 aliphatic heterocycles. The third kappa shape index (κ3) is 2.87. The Morgan fingerprint density at radius 1 is 1.59 bits per heavy atom. The molecule has 1 saturated heterocycles. The predicted molar refractivity (Wildman–Crippen MR) is 62.3 cm³/mol. The van der Waals surface area contributed by atoms with Crippen molar-refractivity contribution < 1.29 is 17.9 Å². The molecule has 2 atom stereocenters. The maximum atomic E-state index is 11.9. The molecule has 0 radical (unpaired) electrons. The van der Waals surface area contributed by atoms with Crippen LogP contribution in [0.1, 0.15) is 43.1 Å². The Bertz CT molecular complexity index is 477. The predicted octanol–water partition coefficient (Wildman–Crippen LogP) is 1.24. The highest BCUT2D eigenvalue weighted by Gasteiger charge is 2.33. The van der Waals surface area contributed by atoms with Gasteiger partial charge in [0.25, 0.3) is 0 Å². The molecule has 1 fully saturated rings. The Kier molecular flexibility index (Phi) is 3.53. The lowest BCUT2D eigenvalue weighted by Gasteiger charge is -2.19. The summed E-state index contributed by atoms with van der Waals surface area (Å²) in [6, 6.07) is 0. The van der Waals surface area contributed by atoms with Crippen LogP contribution in [-0.4, -0.2) is 30.4 Å². The Morgan fingerprint density at radius 3 is 3.00 bits per heavy atom. The van der Waals surface area contributed by atoms with Crippen LogP contribution in [0, 0.1) is 0 Å². The van der Waals surface area contributed by atoms with E-state index >= 15 is 0 Å². The van der Waals surface area contributed by atoms with Crippen molar-refractivity contribution in [2.45, 2.75) is 44.0 Å². The Labute approximate surface area is 101 Å². The molecule has 2 unspecified atom stereocenters. The Balaban J connectivity index is 2.19. The first kappa shape index (κ1) is 12.6. The maximum absolute atomic E-state index is 11.9. The van der Waals surface area contributed by atoms with E-state index in [9.17, 15) is 13.5 Å². The molecule has 96 valence electrons. The molecular formula is C11H17NO4S. The molecule has 0 amide bonds. The molecule has 17 heavy (non-hydrogen) atoms. The van der Waals surface area contributed by atoms with Crippen LogP contribution in [0.4, 0.5) is 0 Å². The highest BCUT2D eigenvalue weighted by Crippen LogP contribution is 2.32. The first-order chi connectivity index (χ1) is 7.99. The number of sulfone groups is 1. The summed E-state index contributed by atoms with van der Waals surface area (Å²) in [6.45, 7) is 1.65. The second kappa shape index (κ2) is 4.78. The minimum absolute atomic E-state index is 0.214. The largest absolute Gasteiger partial charge is 0.444 e. The summed E-state index contributed by atoms with van der Waals surface area (Å²) in [7, 11) is -3.11. The van der Waals surface area contributed by atoms with Gasteiger partial charge in [-0.2, -0.15) is 0 Å². The van der Waals surface area contributed by atoms with Crippen LogP contribution in [0.25, 0.3) is 0 Å². The molecule has 1 aromatic rings. The number of aromatic nitrogens is 1. The zero-order chi connectivity index (χ0) is 12.5. The number of hydrogen-bond acceptors (Lipinski definition) is 5. The van der Waals surface area contributed by atoms with E-state index in [-0.39, 0.29) is 11.6 Å². The fourth-order valence-corrected chi connectivity index (χ4v) is 3.92. The topological polar surface area (TPSA) is 80.4 Å². The van der Waals surface area contributed by atoms with Crippen LogP contribution in [0.5, 0.6) is 0 Å². The normalized spacial score (nSPS) is 25.6. The number of hydrogen-bond donors (Lipinski definition) is 1. The third-order valence-electron chi connectivity index (χ3n) is 2.92. The van der Waals surface area contributed by atoms with Gasteiger partial charge in [-0.05, 0) is 19.8 Å². The molecule has 0 saturated carbocycles. The number of aliphatic hydroxyl groups is 1. The van der Waals surface area contributed by atoms with Crippen molar-refractivity contribution in [2.24, 2.45) is 0 Å². The van der Waals surface area contributed by atoms with Crippen LogP contribution >= 0.6 is 0 Å². The average Bonchev–Trinajstić information content (AvgIpc) is 2.64. The van der Waals surface area contributed by atoms with Crippen molar-refractivity contribution in [3.63, 3.8) is 0 Å². The minimum Gasteiger partial charge on any atom is -0.444 e. The number of oxazole rings is 1. The van der Waals surface area contributed by atoms with E-state index in [1.165, 1.54) is 6.20 Å². The van der Waals surface area contributed by atoms with Crippen LogP contribution in [0.2, 0.25) is 0 Å². The second-order valence-electron chi connectivity index (χ2n) is 4.57. The van der Waals surface area contributed by atoms with Crippen LogP contribution in [0.3, 0.4) is 0 Å². The molecule has 1 N–H and O–H groups in total. The van der Waals surface area contributed by atoms with Gasteiger partial charge in [-0.25, -0.2) is 13.4 Å². The third-order valence-corrected chi connectivity index (χ3v) is 5.08. The van der Waals surface area contributed by atoms with Crippen molar-refractivity contribution in [3.05, 3.63) is 17.8 Å². The van der Waals surface area contributed by atoms with Crippen molar-refractivity contribution in [1.29, 1.82) is 0 Å². The Morgan fingerprint density at radius 2 is 2.35 bits per heavy atom. The molecule has 0 bridgehead atoms. The fourth-order valence-electron chi connectivity index (χ4n) is 2.09. The van der Waals surface area contributed by atoms with Crippen LogP contribution in [-0.2, 0) is 16.3 Å². The van der Waals surface area contributed by atoms with Gasteiger partial charge in [0.2, 0.25) is 5.89 Å². The zero-order valence-corrected chi connectivity index (χ0v) is 10.6. The summed E-state index contributed by atoms with van der Waals surface area (Å²) in [4.78, 5) is 4.03. The Hall–Kier alpha value is -0.880. The van der Waals surface area contributed by atoms with E-state index < -0.39 is 21.2 Å². The van der Waals surface area contributed by atoms with E-state index in [2.05, 4.69) is 4.98 Å². The van der Waals surface area contributed by atoms with Gasteiger partial charge in [-0.3, -0.25) is 0 Å².